The summed E-state index contributed by atoms with van der Waals surface area (Å²) < 4.78 is 18.3. The first-order valence-electron chi connectivity index (χ1n) is 5.70. The van der Waals surface area contributed by atoms with Crippen LogP contribution in [0.5, 0.6) is 0 Å². The van der Waals surface area contributed by atoms with Crippen LogP contribution in [0.3, 0.4) is 0 Å². The molecule has 96 valence electrons. The van der Waals surface area contributed by atoms with E-state index in [1.807, 2.05) is 14.0 Å². The summed E-state index contributed by atoms with van der Waals surface area (Å²) in [6.45, 7) is 2.03. The predicted octanol–water partition coefficient (Wildman–Crippen LogP) is 3.03. The smallest absolute Gasteiger partial charge is 0.141 e. The summed E-state index contributed by atoms with van der Waals surface area (Å²) in [4.78, 5) is 0. The first-order chi connectivity index (χ1) is 8.06. The number of halogens is 2. The van der Waals surface area contributed by atoms with Gasteiger partial charge in [0.1, 0.15) is 5.82 Å². The summed E-state index contributed by atoms with van der Waals surface area (Å²) in [6, 6.07) is 5.15. The van der Waals surface area contributed by atoms with Gasteiger partial charge in [-0.1, -0.05) is 17.7 Å². The Bertz CT molecular complexity index is 359. The number of hydrogen-bond donors (Lipinski definition) is 1. The minimum atomic E-state index is -0.373. The van der Waals surface area contributed by atoms with Gasteiger partial charge in [0.15, 0.2) is 0 Å². The van der Waals surface area contributed by atoms with Crippen LogP contribution >= 0.6 is 11.6 Å². The molecule has 1 N–H and O–H groups in total. The lowest BCUT2D eigenvalue weighted by atomic mass is 10.0. The minimum Gasteiger partial charge on any atom is -0.382 e. The maximum atomic E-state index is 13.0. The highest BCUT2D eigenvalue weighted by molar-refractivity contribution is 6.30. The second kappa shape index (κ2) is 6.94. The maximum Gasteiger partial charge on any atom is 0.141 e. The van der Waals surface area contributed by atoms with Gasteiger partial charge in [-0.2, -0.15) is 0 Å². The highest BCUT2D eigenvalue weighted by Gasteiger charge is 2.12. The zero-order chi connectivity index (χ0) is 12.8. The highest BCUT2D eigenvalue weighted by atomic mass is 35.5. The van der Waals surface area contributed by atoms with Crippen LogP contribution in [0, 0.1) is 5.82 Å². The lowest BCUT2D eigenvalue weighted by Gasteiger charge is -2.20. The van der Waals surface area contributed by atoms with Gasteiger partial charge >= 0.3 is 0 Å². The Morgan fingerprint density at radius 1 is 1.47 bits per heavy atom. The van der Waals surface area contributed by atoms with Gasteiger partial charge in [-0.15, -0.1) is 0 Å². The van der Waals surface area contributed by atoms with E-state index in [1.165, 1.54) is 6.07 Å². The minimum absolute atomic E-state index is 0.178. The fourth-order valence-electron chi connectivity index (χ4n) is 1.75. The number of ether oxygens (including phenoxy) is 1. The van der Waals surface area contributed by atoms with Gasteiger partial charge in [-0.05, 0) is 44.5 Å². The van der Waals surface area contributed by atoms with E-state index in [4.69, 9.17) is 16.3 Å². The molecule has 0 radical (unpaired) electrons. The van der Waals surface area contributed by atoms with Crippen LogP contribution in [0.2, 0.25) is 5.02 Å². The molecule has 0 bridgehead atoms. The number of likely N-dealkylation sites (N-methyl/N-ethyl adjacent to an activating group) is 1. The second-order valence-electron chi connectivity index (χ2n) is 4.22. The second-order valence-corrected chi connectivity index (χ2v) is 4.63. The first-order valence-corrected chi connectivity index (χ1v) is 6.08. The average molecular weight is 260 g/mol. The Balaban J connectivity index is 2.63. The number of benzene rings is 1. The molecular weight excluding hydrogens is 241 g/mol. The third-order valence-corrected chi connectivity index (χ3v) is 3.18. The van der Waals surface area contributed by atoms with E-state index in [9.17, 15) is 4.39 Å². The van der Waals surface area contributed by atoms with Gasteiger partial charge in [-0.25, -0.2) is 4.39 Å². The maximum absolute atomic E-state index is 13.0. The van der Waals surface area contributed by atoms with E-state index >= 15 is 0 Å². The molecule has 0 saturated carbocycles. The SMILES string of the molecule is CNC(Cc1ccc(F)c(Cl)c1)CC(C)OC. The summed E-state index contributed by atoms with van der Waals surface area (Å²) in [6.07, 6.45) is 1.91. The van der Waals surface area contributed by atoms with E-state index in [2.05, 4.69) is 5.32 Å². The van der Waals surface area contributed by atoms with E-state index in [0.717, 1.165) is 18.4 Å². The molecule has 2 nitrogen and oxygen atoms in total. The Hall–Kier alpha value is -0.640. The van der Waals surface area contributed by atoms with Crippen LogP contribution in [-0.4, -0.2) is 26.3 Å². The third kappa shape index (κ3) is 4.62. The Morgan fingerprint density at radius 3 is 2.71 bits per heavy atom. The normalized spacial score (nSPS) is 14.6. The largest absolute Gasteiger partial charge is 0.382 e. The van der Waals surface area contributed by atoms with Gasteiger partial charge < -0.3 is 10.1 Å². The van der Waals surface area contributed by atoms with Crippen molar-refractivity contribution in [3.05, 3.63) is 34.6 Å². The van der Waals surface area contributed by atoms with Gasteiger partial charge in [-0.3, -0.25) is 0 Å². The number of rotatable bonds is 6. The van der Waals surface area contributed by atoms with Gasteiger partial charge in [0.05, 0.1) is 11.1 Å². The molecule has 17 heavy (non-hydrogen) atoms. The van der Waals surface area contributed by atoms with Crippen molar-refractivity contribution in [3.63, 3.8) is 0 Å². The zero-order valence-corrected chi connectivity index (χ0v) is 11.2. The van der Waals surface area contributed by atoms with E-state index in [0.29, 0.717) is 6.04 Å². The van der Waals surface area contributed by atoms with Crippen molar-refractivity contribution < 1.29 is 9.13 Å². The van der Waals surface area contributed by atoms with Crippen molar-refractivity contribution in [1.29, 1.82) is 0 Å². The summed E-state index contributed by atoms with van der Waals surface area (Å²) in [7, 11) is 3.62. The zero-order valence-electron chi connectivity index (χ0n) is 10.5. The number of hydrogen-bond acceptors (Lipinski definition) is 2. The molecule has 0 aliphatic heterocycles. The third-order valence-electron chi connectivity index (χ3n) is 2.89. The fourth-order valence-corrected chi connectivity index (χ4v) is 1.95. The van der Waals surface area contributed by atoms with Crippen molar-refractivity contribution in [2.45, 2.75) is 31.9 Å². The first kappa shape index (κ1) is 14.4. The van der Waals surface area contributed by atoms with E-state index in [1.54, 1.807) is 19.2 Å². The number of methoxy groups -OCH3 is 1. The summed E-state index contributed by atoms with van der Waals surface area (Å²) in [5.41, 5.74) is 1.03. The lowest BCUT2D eigenvalue weighted by Crippen LogP contribution is -2.31. The van der Waals surface area contributed by atoms with Crippen molar-refractivity contribution >= 4 is 11.6 Å². The molecule has 0 saturated heterocycles. The van der Waals surface area contributed by atoms with E-state index < -0.39 is 0 Å². The summed E-state index contributed by atoms with van der Waals surface area (Å²) in [5, 5.41) is 3.41. The van der Waals surface area contributed by atoms with Crippen molar-refractivity contribution in [2.24, 2.45) is 0 Å². The molecule has 0 aliphatic rings. The monoisotopic (exact) mass is 259 g/mol. The molecule has 1 rings (SSSR count). The predicted molar refractivity (Wildman–Crippen MR) is 69.0 cm³/mol. The fraction of sp³-hybridized carbons (Fsp3) is 0.538. The summed E-state index contributed by atoms with van der Waals surface area (Å²) in [5.74, 6) is -0.373. The average Bonchev–Trinajstić information content (AvgIpc) is 2.32. The topological polar surface area (TPSA) is 21.3 Å². The number of nitrogens with one attached hydrogen (secondary N) is 1. The van der Waals surface area contributed by atoms with Crippen LogP contribution in [0.1, 0.15) is 18.9 Å². The van der Waals surface area contributed by atoms with Crippen molar-refractivity contribution in [3.8, 4) is 0 Å². The molecule has 1 aromatic carbocycles. The van der Waals surface area contributed by atoms with Crippen molar-refractivity contribution in [1.82, 2.24) is 5.32 Å². The Kier molecular flexibility index (Phi) is 5.89. The molecule has 0 amide bonds. The van der Waals surface area contributed by atoms with Gasteiger partial charge in [0, 0.05) is 13.2 Å². The van der Waals surface area contributed by atoms with Crippen LogP contribution in [0.15, 0.2) is 18.2 Å². The molecule has 0 aromatic heterocycles. The van der Waals surface area contributed by atoms with Gasteiger partial charge in [0.2, 0.25) is 0 Å². The Labute approximate surface area is 107 Å². The molecule has 1 aromatic rings. The molecule has 0 spiro atoms. The van der Waals surface area contributed by atoms with Crippen LogP contribution in [0.4, 0.5) is 4.39 Å². The summed E-state index contributed by atoms with van der Waals surface area (Å²) >= 11 is 5.75. The molecular formula is C13H19ClFNO. The molecule has 4 heteroatoms. The van der Waals surface area contributed by atoms with E-state index in [-0.39, 0.29) is 16.9 Å². The standard InChI is InChI=1S/C13H19ClFNO/c1-9(17-3)6-11(16-2)7-10-4-5-13(15)12(14)8-10/h4-5,8-9,11,16H,6-7H2,1-3H3. The van der Waals surface area contributed by atoms with Crippen LogP contribution in [0.25, 0.3) is 0 Å². The Morgan fingerprint density at radius 2 is 2.18 bits per heavy atom. The molecule has 2 unspecified atom stereocenters. The highest BCUT2D eigenvalue weighted by Crippen LogP contribution is 2.18. The molecule has 2 atom stereocenters. The van der Waals surface area contributed by atoms with Gasteiger partial charge in [0.25, 0.3) is 0 Å². The quantitative estimate of drug-likeness (QED) is 0.848. The molecule has 0 heterocycles. The van der Waals surface area contributed by atoms with Crippen LogP contribution < -0.4 is 5.32 Å². The van der Waals surface area contributed by atoms with Crippen molar-refractivity contribution in [2.75, 3.05) is 14.2 Å². The molecule has 0 aliphatic carbocycles. The molecule has 0 fully saturated rings. The lowest BCUT2D eigenvalue weighted by molar-refractivity contribution is 0.101. The van der Waals surface area contributed by atoms with Crippen LogP contribution in [-0.2, 0) is 11.2 Å².